The predicted molar refractivity (Wildman–Crippen MR) is 262 cm³/mol. The molecule has 0 N–H and O–H groups in total. The topological polar surface area (TPSA) is 0 Å². The van der Waals surface area contributed by atoms with Crippen LogP contribution in [0.2, 0.25) is 0 Å². The van der Waals surface area contributed by atoms with Crippen LogP contribution in [-0.2, 0) is 6.42 Å². The third-order valence-electron chi connectivity index (χ3n) is 17.5. The van der Waals surface area contributed by atoms with Crippen molar-refractivity contribution >= 4 is 32.3 Å². The van der Waals surface area contributed by atoms with Crippen molar-refractivity contribution in [2.75, 3.05) is 0 Å². The van der Waals surface area contributed by atoms with Gasteiger partial charge in [0, 0.05) is 0 Å². The average molecular weight is 777 g/mol. The van der Waals surface area contributed by atoms with E-state index in [9.17, 15) is 0 Å². The second-order valence-electron chi connectivity index (χ2n) is 19.4. The van der Waals surface area contributed by atoms with Gasteiger partial charge in [-0.2, -0.15) is 0 Å². The molecule has 0 amide bonds. The molecule has 0 aromatic heterocycles. The van der Waals surface area contributed by atoms with Crippen LogP contribution in [0.15, 0.2) is 0 Å². The highest BCUT2D eigenvalue weighted by Crippen LogP contribution is 2.58. The van der Waals surface area contributed by atoms with E-state index in [0.29, 0.717) is 0 Å². The molecule has 0 heterocycles. The highest BCUT2D eigenvalue weighted by molar-refractivity contribution is 6.28. The standard InChI is InChI=1S/C59H68/c1-24-25(2)37(14)51-46(33(24)10)23-47-34(11)32(9)42(19)56(57(47)51)59-54-40(17)30(7)28(5)38(15)52(54)58(53-39(16)29(6)31(8)41(18)55(53)59)50-44(21)43(20)48-35(12)26(3)27(4)36(13)49(48)45(50)22/h23H2,1-22H3. The maximum Gasteiger partial charge on any atom is -0.000766 e. The maximum absolute atomic E-state index is 2.44. The number of fused-ring (bicyclic) bond motifs is 6. The first-order valence-electron chi connectivity index (χ1n) is 22.2. The van der Waals surface area contributed by atoms with Gasteiger partial charge < -0.3 is 0 Å². The van der Waals surface area contributed by atoms with Gasteiger partial charge in [0.2, 0.25) is 0 Å². The molecule has 0 nitrogen and oxygen atoms in total. The third-order valence-corrected chi connectivity index (χ3v) is 17.5. The maximum atomic E-state index is 2.44. The Morgan fingerprint density at radius 2 is 0.390 bits per heavy atom. The Bertz CT molecular complexity index is 3070. The van der Waals surface area contributed by atoms with Gasteiger partial charge in [0.15, 0.2) is 0 Å². The Hall–Kier alpha value is -4.68. The summed E-state index contributed by atoms with van der Waals surface area (Å²) >= 11 is 0. The zero-order chi connectivity index (χ0) is 43.5. The van der Waals surface area contributed by atoms with E-state index in [4.69, 9.17) is 0 Å². The Morgan fingerprint density at radius 1 is 0.153 bits per heavy atom. The van der Waals surface area contributed by atoms with Crippen LogP contribution in [-0.4, -0.2) is 0 Å². The summed E-state index contributed by atoms with van der Waals surface area (Å²) in [6.07, 6.45) is 1.01. The van der Waals surface area contributed by atoms with Crippen LogP contribution in [0.25, 0.3) is 65.7 Å². The number of hydrogen-bond acceptors (Lipinski definition) is 0. The molecule has 59 heavy (non-hydrogen) atoms. The van der Waals surface area contributed by atoms with Crippen LogP contribution in [0, 0.1) is 152 Å². The molecule has 0 heteroatoms. The summed E-state index contributed by atoms with van der Waals surface area (Å²) in [6, 6.07) is 0. The van der Waals surface area contributed by atoms with E-state index in [1.54, 1.807) is 0 Å². The fourth-order valence-electron chi connectivity index (χ4n) is 12.2. The van der Waals surface area contributed by atoms with Crippen molar-refractivity contribution in [2.24, 2.45) is 0 Å². The van der Waals surface area contributed by atoms with E-state index in [1.807, 2.05) is 0 Å². The van der Waals surface area contributed by atoms with Crippen LogP contribution in [0.3, 0.4) is 0 Å². The SMILES string of the molecule is Cc1c(C)c(C)c2c(c1C)Cc1c(C)c(C)c(C)c(-c3c4c(C)c(C)c(C)c(C)c4c(-c4c(C)c(C)c5c(C)c(C)c(C)c(C)c5c4C)c4c(C)c(C)c(C)c(C)c34)c1-2. The number of rotatable bonds is 2. The number of hydrogen-bond donors (Lipinski definition) is 0. The lowest BCUT2D eigenvalue weighted by Gasteiger charge is -2.31. The normalized spacial score (nSPS) is 12.5. The van der Waals surface area contributed by atoms with E-state index < -0.39 is 0 Å². The fourth-order valence-corrected chi connectivity index (χ4v) is 12.2. The highest BCUT2D eigenvalue weighted by Gasteiger charge is 2.35. The Balaban J connectivity index is 1.77. The van der Waals surface area contributed by atoms with Gasteiger partial charge in [0.25, 0.3) is 0 Å². The molecule has 0 saturated heterocycles. The van der Waals surface area contributed by atoms with Crippen molar-refractivity contribution in [1.82, 2.24) is 0 Å². The summed E-state index contributed by atoms with van der Waals surface area (Å²) in [6.45, 7) is 52.6. The van der Waals surface area contributed by atoms with Gasteiger partial charge in [-0.25, -0.2) is 0 Å². The van der Waals surface area contributed by atoms with E-state index in [2.05, 4.69) is 152 Å². The smallest absolute Gasteiger partial charge is 0.000766 e. The summed E-state index contributed by atoms with van der Waals surface area (Å²) in [5, 5.41) is 8.68. The zero-order valence-electron chi connectivity index (χ0n) is 40.7. The predicted octanol–water partition coefficient (Wildman–Crippen LogP) is 16.8. The van der Waals surface area contributed by atoms with Crippen molar-refractivity contribution in [3.8, 4) is 33.4 Å². The molecule has 0 fully saturated rings. The number of aryl methyl sites for hydroxylation is 8. The van der Waals surface area contributed by atoms with Crippen molar-refractivity contribution in [3.63, 3.8) is 0 Å². The fraction of sp³-hybridized carbons (Fsp3) is 0.390. The first-order chi connectivity index (χ1) is 27.5. The van der Waals surface area contributed by atoms with Gasteiger partial charge >= 0.3 is 0 Å². The molecule has 7 aromatic carbocycles. The van der Waals surface area contributed by atoms with Crippen molar-refractivity contribution in [2.45, 2.75) is 159 Å². The van der Waals surface area contributed by atoms with E-state index in [-0.39, 0.29) is 0 Å². The second kappa shape index (κ2) is 13.4. The first kappa shape index (κ1) is 41.1. The van der Waals surface area contributed by atoms with Crippen LogP contribution < -0.4 is 0 Å². The lowest BCUT2D eigenvalue weighted by atomic mass is 9.72. The van der Waals surface area contributed by atoms with E-state index in [1.165, 1.54) is 199 Å². The molecule has 0 aliphatic heterocycles. The molecule has 1 aliphatic rings. The Morgan fingerprint density at radius 3 is 0.797 bits per heavy atom. The molecule has 8 rings (SSSR count). The third kappa shape index (κ3) is 5.02. The van der Waals surface area contributed by atoms with Crippen molar-refractivity contribution in [3.05, 3.63) is 134 Å². The Kier molecular flexibility index (Phi) is 9.34. The summed E-state index contributed by atoms with van der Waals surface area (Å²) in [7, 11) is 0. The highest BCUT2D eigenvalue weighted by atomic mass is 14.4. The van der Waals surface area contributed by atoms with Crippen LogP contribution >= 0.6 is 0 Å². The molecule has 0 radical (unpaired) electrons. The van der Waals surface area contributed by atoms with Crippen molar-refractivity contribution < 1.29 is 0 Å². The molecule has 0 spiro atoms. The molecular weight excluding hydrogens is 709 g/mol. The van der Waals surface area contributed by atoms with Crippen LogP contribution in [0.5, 0.6) is 0 Å². The van der Waals surface area contributed by atoms with Gasteiger partial charge in [0.1, 0.15) is 0 Å². The van der Waals surface area contributed by atoms with Crippen LogP contribution in [0.1, 0.15) is 134 Å². The summed E-state index contributed by atoms with van der Waals surface area (Å²) in [5.74, 6) is 0. The minimum atomic E-state index is 1.01. The second-order valence-corrected chi connectivity index (χ2v) is 19.4. The zero-order valence-corrected chi connectivity index (χ0v) is 40.7. The minimum Gasteiger partial charge on any atom is -0.0447 e. The molecule has 0 unspecified atom stereocenters. The van der Waals surface area contributed by atoms with E-state index >= 15 is 0 Å². The largest absolute Gasteiger partial charge is 0.0447 e. The molecule has 0 saturated carbocycles. The summed E-state index contributed by atoms with van der Waals surface area (Å²) in [4.78, 5) is 0. The summed E-state index contributed by atoms with van der Waals surface area (Å²) < 4.78 is 0. The lowest BCUT2D eigenvalue weighted by molar-refractivity contribution is 1.12. The minimum absolute atomic E-state index is 1.01. The van der Waals surface area contributed by atoms with Gasteiger partial charge in [-0.15, -0.1) is 0 Å². The van der Waals surface area contributed by atoms with Gasteiger partial charge in [0.05, 0.1) is 0 Å². The molecule has 7 aromatic rings. The molecule has 0 bridgehead atoms. The van der Waals surface area contributed by atoms with Gasteiger partial charge in [-0.1, -0.05) is 0 Å². The quantitative estimate of drug-likeness (QED) is 0.153. The Labute approximate surface area is 356 Å². The van der Waals surface area contributed by atoms with Gasteiger partial charge in [-0.3, -0.25) is 0 Å². The first-order valence-corrected chi connectivity index (χ1v) is 22.2. The molecule has 0 atom stereocenters. The van der Waals surface area contributed by atoms with Gasteiger partial charge in [-0.05, 0) is 358 Å². The van der Waals surface area contributed by atoms with Crippen LogP contribution in [0.4, 0.5) is 0 Å². The molecule has 1 aliphatic carbocycles. The average Bonchev–Trinajstić information content (AvgIpc) is 3.61. The molecule has 304 valence electrons. The lowest BCUT2D eigenvalue weighted by Crippen LogP contribution is -2.08. The summed E-state index contributed by atoms with van der Waals surface area (Å²) in [5.41, 5.74) is 43.3. The molecular formula is C59H68. The monoisotopic (exact) mass is 777 g/mol. The number of benzene rings is 7. The van der Waals surface area contributed by atoms with Crippen molar-refractivity contribution in [1.29, 1.82) is 0 Å². The van der Waals surface area contributed by atoms with E-state index in [0.717, 1.165) is 6.42 Å².